The van der Waals surface area contributed by atoms with Crippen LogP contribution in [0.15, 0.2) is 36.5 Å². The minimum Gasteiger partial charge on any atom is -0.491 e. The van der Waals surface area contributed by atoms with Gasteiger partial charge in [-0.2, -0.15) is 0 Å². The van der Waals surface area contributed by atoms with E-state index in [0.29, 0.717) is 13.2 Å². The van der Waals surface area contributed by atoms with Gasteiger partial charge in [0, 0.05) is 24.2 Å². The van der Waals surface area contributed by atoms with Crippen LogP contribution in [0, 0.1) is 6.92 Å². The van der Waals surface area contributed by atoms with Crippen molar-refractivity contribution in [2.45, 2.75) is 19.6 Å². The molecule has 1 N–H and O–H groups in total. The summed E-state index contributed by atoms with van der Waals surface area (Å²) < 4.78 is 5.54. The van der Waals surface area contributed by atoms with E-state index in [9.17, 15) is 5.11 Å². The summed E-state index contributed by atoms with van der Waals surface area (Å²) in [5.41, 5.74) is 0. The summed E-state index contributed by atoms with van der Waals surface area (Å²) in [6.07, 6.45) is 1.39. The molecule has 5 heteroatoms. The number of benzene rings is 1. The first kappa shape index (κ1) is 15.0. The van der Waals surface area contributed by atoms with Crippen molar-refractivity contribution in [3.8, 4) is 5.75 Å². The molecule has 1 heterocycles. The summed E-state index contributed by atoms with van der Waals surface area (Å²) in [7, 11) is 1.99. The Balaban J connectivity index is 1.72. The average Bonchev–Trinajstić information content (AvgIpc) is 2.83. The summed E-state index contributed by atoms with van der Waals surface area (Å²) in [4.78, 5) is 7.51. The minimum absolute atomic E-state index is 0.302. The Kier molecular flexibility index (Phi) is 5.52. The van der Waals surface area contributed by atoms with Crippen molar-refractivity contribution in [1.29, 1.82) is 0 Å². The summed E-state index contributed by atoms with van der Waals surface area (Å²) >= 11 is 1.69. The topological polar surface area (TPSA) is 45.6 Å². The van der Waals surface area contributed by atoms with Crippen LogP contribution in [0.4, 0.5) is 0 Å². The SMILES string of the molecule is Cc1ncc(CN(C)C[C@H](O)COc2ccccc2)s1. The Bertz CT molecular complexity index is 516. The van der Waals surface area contributed by atoms with Crippen LogP contribution in [-0.4, -0.2) is 41.3 Å². The lowest BCUT2D eigenvalue weighted by Gasteiger charge is -2.20. The summed E-state index contributed by atoms with van der Waals surface area (Å²) in [5.74, 6) is 0.785. The summed E-state index contributed by atoms with van der Waals surface area (Å²) in [5, 5.41) is 11.1. The number of aromatic nitrogens is 1. The van der Waals surface area contributed by atoms with E-state index in [4.69, 9.17) is 4.74 Å². The van der Waals surface area contributed by atoms with Gasteiger partial charge in [0.1, 0.15) is 18.5 Å². The molecule has 2 rings (SSSR count). The normalized spacial score (nSPS) is 12.6. The lowest BCUT2D eigenvalue weighted by atomic mass is 10.3. The van der Waals surface area contributed by atoms with Crippen molar-refractivity contribution in [3.05, 3.63) is 46.4 Å². The number of likely N-dealkylation sites (N-methyl/N-ethyl adjacent to an activating group) is 1. The Morgan fingerprint density at radius 1 is 1.35 bits per heavy atom. The maximum atomic E-state index is 9.99. The van der Waals surface area contributed by atoms with Gasteiger partial charge in [-0.25, -0.2) is 4.98 Å². The smallest absolute Gasteiger partial charge is 0.119 e. The molecule has 0 saturated carbocycles. The van der Waals surface area contributed by atoms with Crippen LogP contribution in [0.5, 0.6) is 5.75 Å². The highest BCUT2D eigenvalue weighted by atomic mass is 32.1. The number of nitrogens with zero attached hydrogens (tertiary/aromatic N) is 2. The van der Waals surface area contributed by atoms with Crippen molar-refractivity contribution < 1.29 is 9.84 Å². The van der Waals surface area contributed by atoms with E-state index in [2.05, 4.69) is 9.88 Å². The van der Waals surface area contributed by atoms with Crippen LogP contribution in [0.2, 0.25) is 0 Å². The number of thiazole rings is 1. The number of aryl methyl sites for hydroxylation is 1. The molecule has 0 spiro atoms. The first-order chi connectivity index (χ1) is 9.63. The maximum Gasteiger partial charge on any atom is 0.119 e. The van der Waals surface area contributed by atoms with Crippen molar-refractivity contribution in [2.24, 2.45) is 0 Å². The van der Waals surface area contributed by atoms with Crippen molar-refractivity contribution >= 4 is 11.3 Å². The number of aliphatic hydroxyl groups excluding tert-OH is 1. The minimum atomic E-state index is -0.505. The Hall–Kier alpha value is -1.43. The molecular weight excluding hydrogens is 272 g/mol. The molecule has 0 fully saturated rings. The van der Waals surface area contributed by atoms with E-state index in [0.717, 1.165) is 17.3 Å². The van der Waals surface area contributed by atoms with E-state index >= 15 is 0 Å². The third-order valence-electron chi connectivity index (χ3n) is 2.80. The molecule has 0 bridgehead atoms. The van der Waals surface area contributed by atoms with Gasteiger partial charge in [0.15, 0.2) is 0 Å². The molecule has 0 radical (unpaired) electrons. The number of hydrogen-bond acceptors (Lipinski definition) is 5. The number of para-hydroxylation sites is 1. The van der Waals surface area contributed by atoms with Gasteiger partial charge in [-0.1, -0.05) is 18.2 Å². The van der Waals surface area contributed by atoms with Crippen molar-refractivity contribution in [2.75, 3.05) is 20.2 Å². The van der Waals surface area contributed by atoms with Gasteiger partial charge >= 0.3 is 0 Å². The van der Waals surface area contributed by atoms with E-state index in [-0.39, 0.29) is 0 Å². The van der Waals surface area contributed by atoms with Crippen LogP contribution < -0.4 is 4.74 Å². The molecule has 1 atom stereocenters. The molecule has 0 aliphatic heterocycles. The third-order valence-corrected chi connectivity index (χ3v) is 3.70. The van der Waals surface area contributed by atoms with Gasteiger partial charge in [0.25, 0.3) is 0 Å². The Morgan fingerprint density at radius 3 is 2.75 bits per heavy atom. The molecule has 2 aromatic rings. The quantitative estimate of drug-likeness (QED) is 0.851. The van der Waals surface area contributed by atoms with E-state index < -0.39 is 6.10 Å². The fourth-order valence-corrected chi connectivity index (χ4v) is 2.81. The number of hydrogen-bond donors (Lipinski definition) is 1. The number of aliphatic hydroxyl groups is 1. The van der Waals surface area contributed by atoms with E-state index in [1.165, 1.54) is 4.88 Å². The molecular formula is C15H20N2O2S. The number of rotatable bonds is 7. The Morgan fingerprint density at radius 2 is 2.10 bits per heavy atom. The molecule has 108 valence electrons. The molecule has 1 aromatic heterocycles. The van der Waals surface area contributed by atoms with Crippen LogP contribution in [0.1, 0.15) is 9.88 Å². The highest BCUT2D eigenvalue weighted by Crippen LogP contribution is 2.14. The second kappa shape index (κ2) is 7.38. The lowest BCUT2D eigenvalue weighted by molar-refractivity contribution is 0.0746. The number of ether oxygens (including phenoxy) is 1. The molecule has 0 amide bonds. The Labute approximate surface area is 123 Å². The van der Waals surface area contributed by atoms with Gasteiger partial charge in [-0.3, -0.25) is 4.90 Å². The zero-order valence-corrected chi connectivity index (χ0v) is 12.6. The second-order valence-corrected chi connectivity index (χ2v) is 6.14. The maximum absolute atomic E-state index is 9.99. The van der Waals surface area contributed by atoms with Crippen LogP contribution >= 0.6 is 11.3 Å². The monoisotopic (exact) mass is 292 g/mol. The molecule has 0 saturated heterocycles. The highest BCUT2D eigenvalue weighted by Gasteiger charge is 2.10. The lowest BCUT2D eigenvalue weighted by Crippen LogP contribution is -2.32. The molecule has 20 heavy (non-hydrogen) atoms. The predicted molar refractivity (Wildman–Crippen MR) is 81.1 cm³/mol. The zero-order valence-electron chi connectivity index (χ0n) is 11.8. The molecule has 1 aromatic carbocycles. The van der Waals surface area contributed by atoms with Gasteiger partial charge in [0.2, 0.25) is 0 Å². The highest BCUT2D eigenvalue weighted by molar-refractivity contribution is 7.11. The van der Waals surface area contributed by atoms with Crippen LogP contribution in [0.3, 0.4) is 0 Å². The third kappa shape index (κ3) is 4.92. The van der Waals surface area contributed by atoms with Crippen LogP contribution in [0.25, 0.3) is 0 Å². The fraction of sp³-hybridized carbons (Fsp3) is 0.400. The standard InChI is InChI=1S/C15H20N2O2S/c1-12-16-8-15(20-12)10-17(2)9-13(18)11-19-14-6-4-3-5-7-14/h3-8,13,18H,9-11H2,1-2H3/t13-/m0/s1. The second-order valence-electron chi connectivity index (χ2n) is 4.82. The largest absolute Gasteiger partial charge is 0.491 e. The first-order valence-corrected chi connectivity index (χ1v) is 7.41. The molecule has 0 aliphatic rings. The summed E-state index contributed by atoms with van der Waals surface area (Å²) in [6, 6.07) is 9.54. The van der Waals surface area contributed by atoms with Crippen molar-refractivity contribution in [1.82, 2.24) is 9.88 Å². The van der Waals surface area contributed by atoms with Gasteiger partial charge in [-0.05, 0) is 26.1 Å². The molecule has 4 nitrogen and oxygen atoms in total. The fourth-order valence-electron chi connectivity index (χ4n) is 1.93. The van der Waals surface area contributed by atoms with Gasteiger partial charge < -0.3 is 9.84 Å². The average molecular weight is 292 g/mol. The van der Waals surface area contributed by atoms with Crippen molar-refractivity contribution in [3.63, 3.8) is 0 Å². The first-order valence-electron chi connectivity index (χ1n) is 6.59. The predicted octanol–water partition coefficient (Wildman–Crippen LogP) is 2.32. The summed E-state index contributed by atoms with van der Waals surface area (Å²) in [6.45, 7) is 3.67. The van der Waals surface area contributed by atoms with Gasteiger partial charge in [-0.15, -0.1) is 11.3 Å². The molecule has 0 unspecified atom stereocenters. The van der Waals surface area contributed by atoms with E-state index in [1.807, 2.05) is 50.5 Å². The van der Waals surface area contributed by atoms with Crippen LogP contribution in [-0.2, 0) is 6.54 Å². The van der Waals surface area contributed by atoms with E-state index in [1.54, 1.807) is 11.3 Å². The molecule has 0 aliphatic carbocycles. The van der Waals surface area contributed by atoms with Gasteiger partial charge in [0.05, 0.1) is 5.01 Å². The zero-order chi connectivity index (χ0) is 14.4.